The molecule has 0 aromatic heterocycles. The van der Waals surface area contributed by atoms with Crippen molar-refractivity contribution in [2.24, 2.45) is 0 Å². The van der Waals surface area contributed by atoms with Crippen molar-refractivity contribution in [3.63, 3.8) is 0 Å². The minimum Gasteiger partial charge on any atom is -0.354 e. The van der Waals surface area contributed by atoms with Crippen LogP contribution in [-0.2, 0) is 19.3 Å². The van der Waals surface area contributed by atoms with Gasteiger partial charge in [0.1, 0.15) is 9.84 Å². The van der Waals surface area contributed by atoms with Gasteiger partial charge in [-0.05, 0) is 25.8 Å². The van der Waals surface area contributed by atoms with Crippen molar-refractivity contribution >= 4 is 9.84 Å². The van der Waals surface area contributed by atoms with Gasteiger partial charge < -0.3 is 14.8 Å². The molecule has 0 bridgehead atoms. The molecule has 0 saturated carbocycles. The molecule has 0 fully saturated rings. The molecule has 0 aliphatic rings. The average Bonchev–Trinajstić information content (AvgIpc) is 2.25. The highest BCUT2D eigenvalue weighted by molar-refractivity contribution is 7.90. The molecule has 0 radical (unpaired) electrons. The molecular formula is C11H25NO4S. The molecule has 1 atom stereocenters. The van der Waals surface area contributed by atoms with E-state index in [0.717, 1.165) is 19.4 Å². The van der Waals surface area contributed by atoms with Crippen molar-refractivity contribution in [2.75, 3.05) is 32.8 Å². The summed E-state index contributed by atoms with van der Waals surface area (Å²) in [7, 11) is 0.288. The third kappa shape index (κ3) is 8.54. The quantitative estimate of drug-likeness (QED) is 0.593. The molecule has 0 saturated heterocycles. The van der Waals surface area contributed by atoms with Crippen molar-refractivity contribution in [3.05, 3.63) is 0 Å². The second-order valence-electron chi connectivity index (χ2n) is 4.17. The number of rotatable bonds is 10. The van der Waals surface area contributed by atoms with Gasteiger partial charge in [-0.3, -0.25) is 0 Å². The highest BCUT2D eigenvalue weighted by Crippen LogP contribution is 2.08. The van der Waals surface area contributed by atoms with E-state index in [2.05, 4.69) is 12.2 Å². The second-order valence-corrected chi connectivity index (χ2v) is 6.43. The first-order valence-corrected chi connectivity index (χ1v) is 7.97. The molecule has 0 heterocycles. The molecule has 17 heavy (non-hydrogen) atoms. The van der Waals surface area contributed by atoms with Gasteiger partial charge in [0.2, 0.25) is 0 Å². The Balaban J connectivity index is 4.18. The summed E-state index contributed by atoms with van der Waals surface area (Å²) in [6.07, 6.45) is 3.28. The molecule has 0 spiro atoms. The Morgan fingerprint density at radius 2 is 1.82 bits per heavy atom. The number of methoxy groups -OCH3 is 2. The predicted molar refractivity (Wildman–Crippen MR) is 68.8 cm³/mol. The van der Waals surface area contributed by atoms with Crippen LogP contribution in [0.3, 0.4) is 0 Å². The molecule has 0 rings (SSSR count). The van der Waals surface area contributed by atoms with Gasteiger partial charge in [-0.2, -0.15) is 0 Å². The minimum atomic E-state index is -2.89. The van der Waals surface area contributed by atoms with E-state index in [9.17, 15) is 8.42 Å². The Morgan fingerprint density at radius 3 is 2.24 bits per heavy atom. The van der Waals surface area contributed by atoms with E-state index >= 15 is 0 Å². The van der Waals surface area contributed by atoms with Crippen molar-refractivity contribution in [1.29, 1.82) is 0 Å². The maximum absolute atomic E-state index is 11.1. The monoisotopic (exact) mass is 267 g/mol. The lowest BCUT2D eigenvalue weighted by Gasteiger charge is -2.25. The summed E-state index contributed by atoms with van der Waals surface area (Å²) < 4.78 is 32.5. The highest BCUT2D eigenvalue weighted by atomic mass is 32.2. The van der Waals surface area contributed by atoms with E-state index in [1.165, 1.54) is 6.26 Å². The fourth-order valence-corrected chi connectivity index (χ4v) is 2.35. The van der Waals surface area contributed by atoms with Crippen molar-refractivity contribution in [2.45, 2.75) is 38.5 Å². The lowest BCUT2D eigenvalue weighted by atomic mass is 10.1. The summed E-state index contributed by atoms with van der Waals surface area (Å²) in [4.78, 5) is 0. The van der Waals surface area contributed by atoms with Gasteiger partial charge in [-0.1, -0.05) is 6.92 Å². The third-order valence-electron chi connectivity index (χ3n) is 2.48. The number of hydrogen-bond donors (Lipinski definition) is 1. The van der Waals surface area contributed by atoms with Crippen LogP contribution in [-0.4, -0.2) is 53.5 Å². The standard InChI is InChI=1S/C11H25NO4S/c1-5-8-12-10(11(15-2)16-3)7-6-9-17(4,13)14/h10-12H,5-9H2,1-4H3. The summed E-state index contributed by atoms with van der Waals surface area (Å²) in [5.41, 5.74) is 0. The largest absolute Gasteiger partial charge is 0.354 e. The molecule has 104 valence electrons. The maximum Gasteiger partial charge on any atom is 0.171 e. The molecule has 5 nitrogen and oxygen atoms in total. The summed E-state index contributed by atoms with van der Waals surface area (Å²) in [6.45, 7) is 2.95. The van der Waals surface area contributed by atoms with Gasteiger partial charge in [0.25, 0.3) is 0 Å². The topological polar surface area (TPSA) is 64.6 Å². The Hall–Kier alpha value is -0.170. The highest BCUT2D eigenvalue weighted by Gasteiger charge is 2.20. The SMILES string of the molecule is CCCNC(CCCS(C)(=O)=O)C(OC)OC. The summed E-state index contributed by atoms with van der Waals surface area (Å²) >= 11 is 0. The van der Waals surface area contributed by atoms with Crippen molar-refractivity contribution in [3.8, 4) is 0 Å². The minimum absolute atomic E-state index is 0.0340. The number of nitrogens with one attached hydrogen (secondary N) is 1. The van der Waals surface area contributed by atoms with Gasteiger partial charge in [0, 0.05) is 26.2 Å². The maximum atomic E-state index is 11.1. The first-order chi connectivity index (χ1) is 7.94. The van der Waals surface area contributed by atoms with Gasteiger partial charge >= 0.3 is 0 Å². The zero-order chi connectivity index (χ0) is 13.3. The van der Waals surface area contributed by atoms with Gasteiger partial charge in [0.15, 0.2) is 6.29 Å². The Kier molecular flexibility index (Phi) is 8.77. The zero-order valence-electron chi connectivity index (χ0n) is 11.2. The van der Waals surface area contributed by atoms with E-state index in [0.29, 0.717) is 6.42 Å². The Bertz CT molecular complexity index is 275. The summed E-state index contributed by atoms with van der Waals surface area (Å²) in [5.74, 6) is 0.206. The molecular weight excluding hydrogens is 242 g/mol. The van der Waals surface area contributed by atoms with E-state index in [-0.39, 0.29) is 18.1 Å². The van der Waals surface area contributed by atoms with Crippen molar-refractivity contribution in [1.82, 2.24) is 5.32 Å². The molecule has 1 unspecified atom stereocenters. The van der Waals surface area contributed by atoms with E-state index in [1.807, 2.05) is 0 Å². The lowest BCUT2D eigenvalue weighted by Crippen LogP contribution is -2.42. The first-order valence-electron chi connectivity index (χ1n) is 5.91. The van der Waals surface area contributed by atoms with Crippen LogP contribution in [0.4, 0.5) is 0 Å². The summed E-state index contributed by atoms with van der Waals surface area (Å²) in [6, 6.07) is 0.0340. The molecule has 0 amide bonds. The third-order valence-corrected chi connectivity index (χ3v) is 3.51. The van der Waals surface area contributed by atoms with E-state index in [4.69, 9.17) is 9.47 Å². The molecule has 0 aromatic rings. The number of sulfone groups is 1. The van der Waals surface area contributed by atoms with Crippen molar-refractivity contribution < 1.29 is 17.9 Å². The normalized spacial score (nSPS) is 14.2. The van der Waals surface area contributed by atoms with Gasteiger partial charge in [-0.15, -0.1) is 0 Å². The fourth-order valence-electron chi connectivity index (χ4n) is 1.65. The van der Waals surface area contributed by atoms with Crippen LogP contribution < -0.4 is 5.32 Å². The molecule has 1 N–H and O–H groups in total. The van der Waals surface area contributed by atoms with Crippen LogP contribution in [0.15, 0.2) is 0 Å². The number of ether oxygens (including phenoxy) is 2. The number of hydrogen-bond acceptors (Lipinski definition) is 5. The Labute approximate surface area is 105 Å². The summed E-state index contributed by atoms with van der Waals surface area (Å²) in [5, 5.41) is 3.31. The first kappa shape index (κ1) is 16.8. The molecule has 0 aliphatic carbocycles. The van der Waals surface area contributed by atoms with Crippen LogP contribution in [0.1, 0.15) is 26.2 Å². The average molecular weight is 267 g/mol. The molecule has 0 aliphatic heterocycles. The van der Waals surface area contributed by atoms with E-state index < -0.39 is 9.84 Å². The van der Waals surface area contributed by atoms with E-state index in [1.54, 1.807) is 14.2 Å². The zero-order valence-corrected chi connectivity index (χ0v) is 12.0. The smallest absolute Gasteiger partial charge is 0.171 e. The predicted octanol–water partition coefficient (Wildman–Crippen LogP) is 0.798. The second kappa shape index (κ2) is 8.85. The fraction of sp³-hybridized carbons (Fsp3) is 1.00. The van der Waals surface area contributed by atoms with Gasteiger partial charge in [0.05, 0.1) is 6.04 Å². The Morgan fingerprint density at radius 1 is 1.24 bits per heavy atom. The molecule has 0 aromatic carbocycles. The molecule has 6 heteroatoms. The van der Waals surface area contributed by atoms with Crippen LogP contribution in [0.2, 0.25) is 0 Å². The van der Waals surface area contributed by atoms with Crippen LogP contribution in [0.5, 0.6) is 0 Å². The lowest BCUT2D eigenvalue weighted by molar-refractivity contribution is -0.124. The van der Waals surface area contributed by atoms with Crippen LogP contribution in [0, 0.1) is 0 Å². The van der Waals surface area contributed by atoms with Crippen LogP contribution >= 0.6 is 0 Å². The van der Waals surface area contributed by atoms with Gasteiger partial charge in [-0.25, -0.2) is 8.42 Å². The van der Waals surface area contributed by atoms with Crippen LogP contribution in [0.25, 0.3) is 0 Å².